The van der Waals surface area contributed by atoms with Gasteiger partial charge in [-0.05, 0) is 99.2 Å². The number of ketones is 1. The second kappa shape index (κ2) is 7.42. The van der Waals surface area contributed by atoms with Gasteiger partial charge in [-0.1, -0.05) is 25.7 Å². The molecule has 0 bridgehead atoms. The van der Waals surface area contributed by atoms with Gasteiger partial charge in [-0.25, -0.2) is 0 Å². The SMILES string of the molecule is CC(=O)[C@H]1CC[C@H]2[C@@H]3CC[C@@H]4C[C@@](O)(C#CCCC#N)CC[C@]4(C)[C@H]3CC[C@]12C. The van der Waals surface area contributed by atoms with Gasteiger partial charge in [0.2, 0.25) is 0 Å². The van der Waals surface area contributed by atoms with Gasteiger partial charge in [-0.15, -0.1) is 0 Å². The molecule has 0 spiro atoms. The summed E-state index contributed by atoms with van der Waals surface area (Å²) < 4.78 is 0. The standard InChI is InChI=1S/C26H37NO2/c1-18(28)21-9-10-22-20-8-7-19-17-26(29,12-5-4-6-16-27)15-14-24(19,2)23(20)11-13-25(21,22)3/h19-23,29H,4,6-11,13-15,17H2,1-3H3/t19-,20+,21-,22+,23+,24+,25-,26-/m1/s1. The summed E-state index contributed by atoms with van der Waals surface area (Å²) in [6.07, 6.45) is 10.8. The third kappa shape index (κ3) is 3.35. The van der Waals surface area contributed by atoms with Gasteiger partial charge in [-0.3, -0.25) is 4.79 Å². The second-order valence-electron chi connectivity index (χ2n) is 11.1. The molecule has 4 aliphatic carbocycles. The van der Waals surface area contributed by atoms with Crippen LogP contribution in [0, 0.1) is 63.6 Å². The van der Waals surface area contributed by atoms with E-state index in [-0.39, 0.29) is 11.3 Å². The summed E-state index contributed by atoms with van der Waals surface area (Å²) in [5.41, 5.74) is -0.334. The summed E-state index contributed by atoms with van der Waals surface area (Å²) in [7, 11) is 0. The van der Waals surface area contributed by atoms with Crippen molar-refractivity contribution in [3.63, 3.8) is 0 Å². The molecular formula is C26H37NO2. The lowest BCUT2D eigenvalue weighted by atomic mass is 9.44. The van der Waals surface area contributed by atoms with E-state index in [9.17, 15) is 9.90 Å². The van der Waals surface area contributed by atoms with E-state index in [4.69, 9.17) is 5.26 Å². The van der Waals surface area contributed by atoms with E-state index in [0.29, 0.717) is 35.9 Å². The predicted molar refractivity (Wildman–Crippen MR) is 113 cm³/mol. The lowest BCUT2D eigenvalue weighted by Crippen LogP contribution is -2.56. The highest BCUT2D eigenvalue weighted by Gasteiger charge is 2.61. The van der Waals surface area contributed by atoms with Gasteiger partial charge in [0.25, 0.3) is 0 Å². The van der Waals surface area contributed by atoms with Gasteiger partial charge in [0.15, 0.2) is 0 Å². The molecule has 0 unspecified atom stereocenters. The number of aliphatic hydroxyl groups is 1. The minimum absolute atomic E-state index is 0.220. The third-order valence-corrected chi connectivity index (χ3v) is 9.90. The molecule has 0 heterocycles. The number of fused-ring (bicyclic) bond motifs is 5. The molecule has 29 heavy (non-hydrogen) atoms. The fraction of sp³-hybridized carbons (Fsp3) is 0.846. The Hall–Kier alpha value is -1.32. The molecule has 1 N–H and O–H groups in total. The van der Waals surface area contributed by atoms with Crippen LogP contribution in [-0.4, -0.2) is 16.5 Å². The fourth-order valence-electron chi connectivity index (χ4n) is 8.37. The molecule has 4 rings (SSSR count). The summed E-state index contributed by atoms with van der Waals surface area (Å²) in [6, 6.07) is 2.13. The first-order valence-corrected chi connectivity index (χ1v) is 11.8. The Kier molecular flexibility index (Phi) is 5.36. The summed E-state index contributed by atoms with van der Waals surface area (Å²) >= 11 is 0. The van der Waals surface area contributed by atoms with Crippen molar-refractivity contribution in [1.82, 2.24) is 0 Å². The van der Waals surface area contributed by atoms with Crippen LogP contribution >= 0.6 is 0 Å². The number of Topliss-reactive ketones (excluding diaryl/α,β-unsaturated/α-hetero) is 1. The van der Waals surface area contributed by atoms with E-state index < -0.39 is 5.60 Å². The number of hydrogen-bond donors (Lipinski definition) is 1. The zero-order chi connectivity index (χ0) is 20.9. The third-order valence-electron chi connectivity index (χ3n) is 9.90. The predicted octanol–water partition coefficient (Wildman–Crippen LogP) is 5.27. The van der Waals surface area contributed by atoms with Crippen molar-refractivity contribution in [3.05, 3.63) is 0 Å². The molecule has 0 aromatic carbocycles. The van der Waals surface area contributed by atoms with Crippen molar-refractivity contribution in [2.45, 2.75) is 97.0 Å². The summed E-state index contributed by atoms with van der Waals surface area (Å²) in [6.45, 7) is 6.72. The minimum atomic E-state index is -0.858. The van der Waals surface area contributed by atoms with E-state index in [1.165, 1.54) is 32.1 Å². The topological polar surface area (TPSA) is 61.1 Å². The Morgan fingerprint density at radius 2 is 1.76 bits per heavy atom. The average molecular weight is 396 g/mol. The molecule has 3 heteroatoms. The Morgan fingerprint density at radius 3 is 2.48 bits per heavy atom. The first-order valence-electron chi connectivity index (χ1n) is 11.8. The van der Waals surface area contributed by atoms with Crippen molar-refractivity contribution >= 4 is 5.78 Å². The largest absolute Gasteiger partial charge is 0.378 e. The van der Waals surface area contributed by atoms with Crippen LogP contribution in [0.5, 0.6) is 0 Å². The molecule has 8 atom stereocenters. The summed E-state index contributed by atoms with van der Waals surface area (Å²) in [5, 5.41) is 19.8. The van der Waals surface area contributed by atoms with Gasteiger partial charge < -0.3 is 5.11 Å². The highest BCUT2D eigenvalue weighted by atomic mass is 16.3. The van der Waals surface area contributed by atoms with Crippen molar-refractivity contribution < 1.29 is 9.90 Å². The molecule has 0 radical (unpaired) electrons. The lowest BCUT2D eigenvalue weighted by molar-refractivity contribution is -0.144. The number of nitrogens with zero attached hydrogens (tertiary/aromatic N) is 1. The van der Waals surface area contributed by atoms with E-state index in [1.54, 1.807) is 0 Å². The summed E-state index contributed by atoms with van der Waals surface area (Å²) in [5.74, 6) is 9.62. The first-order chi connectivity index (χ1) is 13.7. The zero-order valence-corrected chi connectivity index (χ0v) is 18.5. The Morgan fingerprint density at radius 1 is 1.00 bits per heavy atom. The minimum Gasteiger partial charge on any atom is -0.378 e. The Balaban J connectivity index is 1.51. The maximum absolute atomic E-state index is 12.3. The van der Waals surface area contributed by atoms with Crippen LogP contribution in [0.15, 0.2) is 0 Å². The van der Waals surface area contributed by atoms with Crippen LogP contribution in [0.3, 0.4) is 0 Å². The normalized spacial score (nSPS) is 48.3. The monoisotopic (exact) mass is 395 g/mol. The quantitative estimate of drug-likeness (QED) is 0.511. The van der Waals surface area contributed by atoms with Crippen LogP contribution in [0.2, 0.25) is 0 Å². The molecule has 0 saturated heterocycles. The summed E-state index contributed by atoms with van der Waals surface area (Å²) in [4.78, 5) is 12.3. The zero-order valence-electron chi connectivity index (χ0n) is 18.5. The number of hydrogen-bond acceptors (Lipinski definition) is 3. The molecular weight excluding hydrogens is 358 g/mol. The molecule has 158 valence electrons. The number of rotatable bonds is 2. The molecule has 0 aromatic heterocycles. The van der Waals surface area contributed by atoms with E-state index in [1.807, 2.05) is 6.92 Å². The van der Waals surface area contributed by atoms with Crippen molar-refractivity contribution in [2.24, 2.45) is 40.4 Å². The van der Waals surface area contributed by atoms with Gasteiger partial charge in [0.05, 0.1) is 6.07 Å². The molecule has 3 nitrogen and oxygen atoms in total. The molecule has 0 aliphatic heterocycles. The lowest BCUT2D eigenvalue weighted by Gasteiger charge is -2.61. The highest BCUT2D eigenvalue weighted by molar-refractivity contribution is 5.79. The van der Waals surface area contributed by atoms with Crippen molar-refractivity contribution in [1.29, 1.82) is 5.26 Å². The van der Waals surface area contributed by atoms with Crippen molar-refractivity contribution in [3.8, 4) is 17.9 Å². The van der Waals surface area contributed by atoms with Gasteiger partial charge in [0, 0.05) is 18.8 Å². The van der Waals surface area contributed by atoms with Crippen LogP contribution in [0.1, 0.15) is 91.4 Å². The molecule has 4 fully saturated rings. The Labute approximate surface area is 176 Å². The first kappa shape index (κ1) is 20.9. The number of carbonyl (C=O) groups excluding carboxylic acids is 1. The molecule has 4 saturated carbocycles. The van der Waals surface area contributed by atoms with Crippen LogP contribution < -0.4 is 0 Å². The van der Waals surface area contributed by atoms with E-state index in [0.717, 1.165) is 37.5 Å². The average Bonchev–Trinajstić information content (AvgIpc) is 3.04. The molecule has 0 amide bonds. The second-order valence-corrected chi connectivity index (χ2v) is 11.1. The van der Waals surface area contributed by atoms with E-state index >= 15 is 0 Å². The van der Waals surface area contributed by atoms with Crippen LogP contribution in [-0.2, 0) is 4.79 Å². The fourth-order valence-corrected chi connectivity index (χ4v) is 8.37. The van der Waals surface area contributed by atoms with Gasteiger partial charge >= 0.3 is 0 Å². The van der Waals surface area contributed by atoms with Crippen molar-refractivity contribution in [2.75, 3.05) is 0 Å². The maximum atomic E-state index is 12.3. The van der Waals surface area contributed by atoms with Gasteiger partial charge in [-0.2, -0.15) is 5.26 Å². The Bertz CT molecular complexity index is 772. The van der Waals surface area contributed by atoms with E-state index in [2.05, 4.69) is 31.8 Å². The number of unbranched alkanes of at least 4 members (excludes halogenated alkanes) is 1. The number of carbonyl (C=O) groups is 1. The van der Waals surface area contributed by atoms with Crippen LogP contribution in [0.4, 0.5) is 0 Å². The molecule has 0 aromatic rings. The number of nitriles is 1. The highest BCUT2D eigenvalue weighted by Crippen LogP contribution is 2.68. The molecule has 4 aliphatic rings. The van der Waals surface area contributed by atoms with Crippen LogP contribution in [0.25, 0.3) is 0 Å². The van der Waals surface area contributed by atoms with Gasteiger partial charge in [0.1, 0.15) is 11.4 Å². The smallest absolute Gasteiger partial charge is 0.133 e. The maximum Gasteiger partial charge on any atom is 0.133 e.